The van der Waals surface area contributed by atoms with Crippen molar-refractivity contribution in [3.8, 4) is 11.8 Å². The lowest BCUT2D eigenvalue weighted by Crippen LogP contribution is -2.20. The lowest BCUT2D eigenvalue weighted by molar-refractivity contribution is -0.274. The molecule has 1 unspecified atom stereocenters. The van der Waals surface area contributed by atoms with Gasteiger partial charge >= 0.3 is 12.4 Å². The molecule has 1 atom stereocenters. The summed E-state index contributed by atoms with van der Waals surface area (Å²) < 4.78 is 41.9. The molecule has 0 fully saturated rings. The minimum absolute atomic E-state index is 0.0166. The molecule has 0 bridgehead atoms. The lowest BCUT2D eigenvalue weighted by Gasteiger charge is -2.21. The third-order valence-corrected chi connectivity index (χ3v) is 3.77. The molecule has 0 aromatic heterocycles. The second kappa shape index (κ2) is 5.69. The van der Waals surface area contributed by atoms with Crippen molar-refractivity contribution < 1.29 is 22.7 Å². The first-order chi connectivity index (χ1) is 11.3. The van der Waals surface area contributed by atoms with Crippen LogP contribution >= 0.6 is 11.6 Å². The van der Waals surface area contributed by atoms with Crippen LogP contribution in [0.1, 0.15) is 17.0 Å². The van der Waals surface area contributed by atoms with E-state index in [1.54, 1.807) is 0 Å². The zero-order valence-electron chi connectivity index (χ0n) is 11.7. The van der Waals surface area contributed by atoms with Crippen LogP contribution in [0.25, 0.3) is 0 Å². The van der Waals surface area contributed by atoms with E-state index in [2.05, 4.69) is 15.0 Å². The van der Waals surface area contributed by atoms with Crippen LogP contribution in [0.3, 0.4) is 0 Å². The molecular formula is C15H7ClF3N3O2. The molecule has 3 rings (SSSR count). The van der Waals surface area contributed by atoms with Crippen molar-refractivity contribution in [3.63, 3.8) is 0 Å². The van der Waals surface area contributed by atoms with Gasteiger partial charge in [-0.05, 0) is 24.3 Å². The van der Waals surface area contributed by atoms with Gasteiger partial charge in [-0.3, -0.25) is 0 Å². The Balaban J connectivity index is 2.10. The van der Waals surface area contributed by atoms with Crippen molar-refractivity contribution in [1.82, 2.24) is 5.32 Å². The number of aliphatic imine (C=N–C) groups is 1. The van der Waals surface area contributed by atoms with Gasteiger partial charge in [0.15, 0.2) is 0 Å². The molecule has 1 aliphatic carbocycles. The lowest BCUT2D eigenvalue weighted by atomic mass is 9.91. The molecule has 1 N–H and O–H groups in total. The highest BCUT2D eigenvalue weighted by Gasteiger charge is 2.34. The second-order valence-corrected chi connectivity index (χ2v) is 5.27. The molecule has 2 amide bonds. The number of amides is 2. The Labute approximate surface area is 138 Å². The maximum absolute atomic E-state index is 12.6. The van der Waals surface area contributed by atoms with E-state index in [4.69, 9.17) is 16.9 Å². The molecule has 1 aromatic carbocycles. The molecule has 2 aliphatic rings. The summed E-state index contributed by atoms with van der Waals surface area (Å²) in [5, 5.41) is 11.4. The van der Waals surface area contributed by atoms with Crippen LogP contribution in [0.5, 0.6) is 5.75 Å². The van der Waals surface area contributed by atoms with E-state index in [9.17, 15) is 18.0 Å². The molecule has 0 spiro atoms. The van der Waals surface area contributed by atoms with Crippen LogP contribution in [0.2, 0.25) is 5.02 Å². The number of carbonyl (C=O) groups is 1. The van der Waals surface area contributed by atoms with E-state index in [1.807, 2.05) is 6.07 Å². The van der Waals surface area contributed by atoms with Crippen LogP contribution in [-0.4, -0.2) is 18.1 Å². The van der Waals surface area contributed by atoms with Gasteiger partial charge in [0.05, 0.1) is 22.0 Å². The number of allylic oxidation sites excluding steroid dienone is 3. The summed E-state index contributed by atoms with van der Waals surface area (Å²) in [5.74, 6) is -1.24. The van der Waals surface area contributed by atoms with Crippen molar-refractivity contribution in [3.05, 3.63) is 52.2 Å². The van der Waals surface area contributed by atoms with Crippen molar-refractivity contribution in [1.29, 1.82) is 5.26 Å². The Bertz CT molecular complexity index is 866. The van der Waals surface area contributed by atoms with Crippen molar-refractivity contribution >= 4 is 23.3 Å². The molecule has 1 aliphatic heterocycles. The van der Waals surface area contributed by atoms with Crippen LogP contribution in [-0.2, 0) is 0 Å². The monoisotopic (exact) mass is 353 g/mol. The Hall–Kier alpha value is -2.79. The smallest absolute Gasteiger partial charge is 0.405 e. The molecule has 24 heavy (non-hydrogen) atoms. The Kier molecular flexibility index (Phi) is 3.81. The summed E-state index contributed by atoms with van der Waals surface area (Å²) in [7, 11) is 0. The van der Waals surface area contributed by atoms with Crippen molar-refractivity contribution in [2.45, 2.75) is 12.3 Å². The number of nitriles is 1. The van der Waals surface area contributed by atoms with E-state index in [1.165, 1.54) is 18.2 Å². The van der Waals surface area contributed by atoms with E-state index in [-0.39, 0.29) is 16.1 Å². The number of fused-ring (bicyclic) bond motifs is 1. The Morgan fingerprint density at radius 1 is 1.38 bits per heavy atom. The average molecular weight is 354 g/mol. The summed E-state index contributed by atoms with van der Waals surface area (Å²) in [5.41, 5.74) is 0.742. The van der Waals surface area contributed by atoms with Crippen LogP contribution in [0, 0.1) is 11.3 Å². The van der Waals surface area contributed by atoms with Gasteiger partial charge in [0.1, 0.15) is 11.8 Å². The third kappa shape index (κ3) is 2.98. The number of ether oxygens (including phenoxy) is 1. The van der Waals surface area contributed by atoms with E-state index in [0.29, 0.717) is 11.4 Å². The minimum atomic E-state index is -4.91. The van der Waals surface area contributed by atoms with Gasteiger partial charge in [-0.25, -0.2) is 4.79 Å². The van der Waals surface area contributed by atoms with Gasteiger partial charge in [0.25, 0.3) is 0 Å². The Morgan fingerprint density at radius 2 is 2.12 bits per heavy atom. The van der Waals surface area contributed by atoms with Crippen molar-refractivity contribution in [2.24, 2.45) is 4.99 Å². The summed E-state index contributed by atoms with van der Waals surface area (Å²) in [6.45, 7) is 0. The molecular weight excluding hydrogens is 347 g/mol. The number of hydrogen-bond acceptors (Lipinski definition) is 3. The highest BCUT2D eigenvalue weighted by atomic mass is 35.5. The number of hydrogen-bond donors (Lipinski definition) is 1. The summed E-state index contributed by atoms with van der Waals surface area (Å²) >= 11 is 6.10. The van der Waals surface area contributed by atoms with Gasteiger partial charge < -0.3 is 10.1 Å². The maximum Gasteiger partial charge on any atom is 0.573 e. The quantitative estimate of drug-likeness (QED) is 0.878. The first kappa shape index (κ1) is 16.1. The maximum atomic E-state index is 12.6. The van der Waals surface area contributed by atoms with Gasteiger partial charge in [-0.1, -0.05) is 17.7 Å². The molecule has 0 radical (unpaired) electrons. The number of halogens is 4. The first-order valence-electron chi connectivity index (χ1n) is 6.57. The number of rotatable bonds is 2. The molecule has 122 valence electrons. The minimum Gasteiger partial charge on any atom is -0.405 e. The van der Waals surface area contributed by atoms with E-state index in [0.717, 1.165) is 12.1 Å². The zero-order valence-corrected chi connectivity index (χ0v) is 12.4. The standard InChI is InChI=1S/C15H7ClF3N3O2/c16-13-8(6-20)2-4-11(24-15(17,18)19)12(13)7-1-3-9-10(5-7)22-14(23)21-9/h1-5,7H,(H,22,23). The fraction of sp³-hybridized carbons (Fsp3) is 0.133. The number of alkyl halides is 3. The van der Waals surface area contributed by atoms with Gasteiger partial charge in [0.2, 0.25) is 0 Å². The van der Waals surface area contributed by atoms with Gasteiger partial charge in [-0.2, -0.15) is 10.3 Å². The largest absolute Gasteiger partial charge is 0.573 e. The second-order valence-electron chi connectivity index (χ2n) is 4.89. The first-order valence-corrected chi connectivity index (χ1v) is 6.94. The molecule has 0 saturated heterocycles. The molecule has 1 heterocycles. The summed E-state index contributed by atoms with van der Waals surface area (Å²) in [6, 6.07) is 3.43. The highest BCUT2D eigenvalue weighted by molar-refractivity contribution is 6.33. The molecule has 9 heteroatoms. The summed E-state index contributed by atoms with van der Waals surface area (Å²) in [6.07, 6.45) is -0.403. The highest BCUT2D eigenvalue weighted by Crippen LogP contribution is 2.41. The SMILES string of the molecule is N#Cc1ccc(OC(F)(F)F)c(C2C=CC3=NC(=O)NC3=C2)c1Cl. The molecule has 5 nitrogen and oxygen atoms in total. The summed E-state index contributed by atoms with van der Waals surface area (Å²) in [4.78, 5) is 15.0. The predicted octanol–water partition coefficient (Wildman–Crippen LogP) is 3.81. The average Bonchev–Trinajstić information content (AvgIpc) is 2.85. The molecule has 0 saturated carbocycles. The van der Waals surface area contributed by atoms with Crippen molar-refractivity contribution in [2.75, 3.05) is 0 Å². The Morgan fingerprint density at radius 3 is 2.79 bits per heavy atom. The van der Waals surface area contributed by atoms with Crippen LogP contribution < -0.4 is 10.1 Å². The van der Waals surface area contributed by atoms with Crippen LogP contribution in [0.15, 0.2) is 41.1 Å². The predicted molar refractivity (Wildman–Crippen MR) is 78.8 cm³/mol. The van der Waals surface area contributed by atoms with E-state index >= 15 is 0 Å². The normalized spacial score (nSPS) is 19.1. The third-order valence-electron chi connectivity index (χ3n) is 3.37. The topological polar surface area (TPSA) is 74.5 Å². The van der Waals surface area contributed by atoms with Gasteiger partial charge in [-0.15, -0.1) is 13.2 Å². The number of carbonyl (C=O) groups excluding carboxylic acids is 1. The molecule has 1 aromatic rings. The fourth-order valence-electron chi connectivity index (χ4n) is 2.43. The van der Waals surface area contributed by atoms with Gasteiger partial charge in [0, 0.05) is 11.5 Å². The number of nitrogens with zero attached hydrogens (tertiary/aromatic N) is 2. The number of urea groups is 1. The zero-order chi connectivity index (χ0) is 17.5. The number of benzene rings is 1. The van der Waals surface area contributed by atoms with E-state index < -0.39 is 24.1 Å². The fourth-order valence-corrected chi connectivity index (χ4v) is 2.75. The number of nitrogens with one attached hydrogen (secondary N) is 1. The van der Waals surface area contributed by atoms with Crippen LogP contribution in [0.4, 0.5) is 18.0 Å².